The smallest absolute Gasteiger partial charge is 0.313 e. The maximum Gasteiger partial charge on any atom is 0.313 e. The van der Waals surface area contributed by atoms with E-state index in [4.69, 9.17) is 5.11 Å². The molecule has 0 spiro atoms. The predicted molar refractivity (Wildman–Crippen MR) is 81.8 cm³/mol. The Hall–Kier alpha value is -1.60. The van der Waals surface area contributed by atoms with Gasteiger partial charge in [0.25, 0.3) is 5.56 Å². The second-order valence-electron chi connectivity index (χ2n) is 4.07. The lowest BCUT2D eigenvalue weighted by Crippen LogP contribution is -2.22. The summed E-state index contributed by atoms with van der Waals surface area (Å²) < 4.78 is 1.47. The van der Waals surface area contributed by atoms with E-state index in [0.29, 0.717) is 21.9 Å². The van der Waals surface area contributed by atoms with E-state index in [1.54, 1.807) is 6.08 Å². The van der Waals surface area contributed by atoms with Crippen molar-refractivity contribution in [1.29, 1.82) is 0 Å². The van der Waals surface area contributed by atoms with Crippen LogP contribution in [-0.4, -0.2) is 26.4 Å². The zero-order chi connectivity index (χ0) is 14.7. The molecule has 2 aromatic heterocycles. The number of fused-ring (bicyclic) bond motifs is 1. The zero-order valence-electron chi connectivity index (χ0n) is 11.0. The second-order valence-corrected chi connectivity index (χ2v) is 6.12. The molecular formula is C13H14N2O3S2. The average Bonchev–Trinajstić information content (AvgIpc) is 2.83. The van der Waals surface area contributed by atoms with Crippen molar-refractivity contribution in [2.75, 3.05) is 5.75 Å². The van der Waals surface area contributed by atoms with Crippen LogP contribution >= 0.6 is 23.1 Å². The van der Waals surface area contributed by atoms with Gasteiger partial charge in [0.15, 0.2) is 5.16 Å². The first-order valence-corrected chi connectivity index (χ1v) is 7.85. The van der Waals surface area contributed by atoms with Gasteiger partial charge in [-0.05, 0) is 12.5 Å². The van der Waals surface area contributed by atoms with Gasteiger partial charge in [-0.2, -0.15) is 0 Å². The average molecular weight is 310 g/mol. The molecule has 0 aromatic carbocycles. The maximum atomic E-state index is 12.4. The third kappa shape index (κ3) is 2.94. The van der Waals surface area contributed by atoms with Crippen LogP contribution in [0, 0.1) is 0 Å². The minimum atomic E-state index is -0.935. The van der Waals surface area contributed by atoms with Crippen LogP contribution in [0.15, 0.2) is 28.7 Å². The summed E-state index contributed by atoms with van der Waals surface area (Å²) in [5.74, 6) is -1.06. The van der Waals surface area contributed by atoms with Crippen LogP contribution in [-0.2, 0) is 17.8 Å². The Bertz CT molecular complexity index is 718. The Labute approximate surface area is 124 Å². The van der Waals surface area contributed by atoms with Gasteiger partial charge in [-0.15, -0.1) is 17.9 Å². The molecule has 0 aliphatic carbocycles. The largest absolute Gasteiger partial charge is 0.481 e. The number of aryl methyl sites for hydroxylation is 1. The summed E-state index contributed by atoms with van der Waals surface area (Å²) in [5, 5.41) is 9.78. The molecule has 0 radical (unpaired) electrons. The lowest BCUT2D eigenvalue weighted by Gasteiger charge is -2.08. The highest BCUT2D eigenvalue weighted by Gasteiger charge is 2.14. The van der Waals surface area contributed by atoms with Crippen LogP contribution in [0.3, 0.4) is 0 Å². The molecule has 20 heavy (non-hydrogen) atoms. The van der Waals surface area contributed by atoms with Gasteiger partial charge in [-0.1, -0.05) is 24.8 Å². The molecule has 0 fully saturated rings. The number of aliphatic carboxylic acids is 1. The standard InChI is InChI=1S/C13H14N2O3S2/c1-3-5-15-12(18)9-6-8(4-2)20-11(9)14-13(15)19-7-10(16)17/h3,6H,1,4-5,7H2,2H3,(H,16,17). The summed E-state index contributed by atoms with van der Waals surface area (Å²) in [4.78, 5) is 29.3. The van der Waals surface area contributed by atoms with E-state index in [0.717, 1.165) is 23.1 Å². The highest BCUT2D eigenvalue weighted by Crippen LogP contribution is 2.25. The summed E-state index contributed by atoms with van der Waals surface area (Å²) in [6.45, 7) is 5.97. The summed E-state index contributed by atoms with van der Waals surface area (Å²) in [7, 11) is 0. The Morgan fingerprint density at radius 2 is 2.40 bits per heavy atom. The number of carbonyl (C=O) groups is 1. The maximum absolute atomic E-state index is 12.4. The van der Waals surface area contributed by atoms with E-state index >= 15 is 0 Å². The topological polar surface area (TPSA) is 72.2 Å². The molecular weight excluding hydrogens is 296 g/mol. The minimum Gasteiger partial charge on any atom is -0.481 e. The van der Waals surface area contributed by atoms with Gasteiger partial charge in [-0.25, -0.2) is 4.98 Å². The van der Waals surface area contributed by atoms with E-state index in [1.807, 2.05) is 13.0 Å². The van der Waals surface area contributed by atoms with E-state index < -0.39 is 5.97 Å². The molecule has 0 aliphatic rings. The summed E-state index contributed by atoms with van der Waals surface area (Å²) in [5.41, 5.74) is -0.140. The Morgan fingerprint density at radius 1 is 1.65 bits per heavy atom. The van der Waals surface area contributed by atoms with Crippen molar-refractivity contribution in [2.45, 2.75) is 25.0 Å². The molecule has 0 saturated heterocycles. The molecule has 0 aliphatic heterocycles. The van der Waals surface area contributed by atoms with Crippen molar-refractivity contribution in [3.05, 3.63) is 34.0 Å². The molecule has 2 rings (SSSR count). The van der Waals surface area contributed by atoms with Gasteiger partial charge in [0.05, 0.1) is 11.1 Å². The van der Waals surface area contributed by atoms with E-state index in [2.05, 4.69) is 11.6 Å². The highest BCUT2D eigenvalue weighted by atomic mass is 32.2. The van der Waals surface area contributed by atoms with Crippen LogP contribution in [0.2, 0.25) is 0 Å². The summed E-state index contributed by atoms with van der Waals surface area (Å²) in [6.07, 6.45) is 2.45. The van der Waals surface area contributed by atoms with Crippen LogP contribution in [0.1, 0.15) is 11.8 Å². The van der Waals surface area contributed by atoms with E-state index in [9.17, 15) is 9.59 Å². The van der Waals surface area contributed by atoms with Crippen LogP contribution in [0.5, 0.6) is 0 Å². The zero-order valence-corrected chi connectivity index (χ0v) is 12.6. The monoisotopic (exact) mass is 310 g/mol. The number of rotatable bonds is 6. The second kappa shape index (κ2) is 6.23. The van der Waals surface area contributed by atoms with Crippen LogP contribution < -0.4 is 5.56 Å². The van der Waals surface area contributed by atoms with Crippen molar-refractivity contribution >= 4 is 39.3 Å². The molecule has 7 heteroatoms. The van der Waals surface area contributed by atoms with E-state index in [1.165, 1.54) is 15.9 Å². The predicted octanol–water partition coefficient (Wildman–Crippen LogP) is 2.38. The molecule has 0 atom stereocenters. The first-order valence-electron chi connectivity index (χ1n) is 6.05. The number of allylic oxidation sites excluding steroid dienone is 1. The van der Waals surface area contributed by atoms with Gasteiger partial charge in [-0.3, -0.25) is 14.2 Å². The van der Waals surface area contributed by atoms with Crippen molar-refractivity contribution < 1.29 is 9.90 Å². The Balaban J connectivity index is 2.58. The lowest BCUT2D eigenvalue weighted by molar-refractivity contribution is -0.133. The molecule has 0 amide bonds. The number of thioether (sulfide) groups is 1. The van der Waals surface area contributed by atoms with Crippen molar-refractivity contribution in [1.82, 2.24) is 9.55 Å². The number of thiophene rings is 1. The van der Waals surface area contributed by atoms with Gasteiger partial charge in [0.1, 0.15) is 4.83 Å². The van der Waals surface area contributed by atoms with Crippen LogP contribution in [0.25, 0.3) is 10.2 Å². The number of carboxylic acids is 1. The van der Waals surface area contributed by atoms with Gasteiger partial charge in [0.2, 0.25) is 0 Å². The molecule has 2 heterocycles. The van der Waals surface area contributed by atoms with Gasteiger partial charge >= 0.3 is 5.97 Å². The Kier molecular flexibility index (Phi) is 4.61. The fourth-order valence-electron chi connectivity index (χ4n) is 1.75. The molecule has 2 aromatic rings. The molecule has 0 unspecified atom stereocenters. The fraction of sp³-hybridized carbons (Fsp3) is 0.308. The summed E-state index contributed by atoms with van der Waals surface area (Å²) in [6, 6.07) is 1.86. The third-order valence-corrected chi connectivity index (χ3v) is 4.79. The first kappa shape index (κ1) is 14.8. The highest BCUT2D eigenvalue weighted by molar-refractivity contribution is 7.99. The minimum absolute atomic E-state index is 0.124. The third-order valence-electron chi connectivity index (χ3n) is 2.65. The quantitative estimate of drug-likeness (QED) is 0.504. The fourth-order valence-corrected chi connectivity index (χ4v) is 3.49. The molecule has 0 bridgehead atoms. The normalized spacial score (nSPS) is 10.8. The van der Waals surface area contributed by atoms with Gasteiger partial charge in [0, 0.05) is 11.4 Å². The molecule has 0 saturated carbocycles. The first-order chi connectivity index (χ1) is 9.56. The van der Waals surface area contributed by atoms with E-state index in [-0.39, 0.29) is 11.3 Å². The van der Waals surface area contributed by atoms with Crippen LogP contribution in [0.4, 0.5) is 0 Å². The number of aromatic nitrogens is 2. The van der Waals surface area contributed by atoms with Crippen molar-refractivity contribution in [3.8, 4) is 0 Å². The SMILES string of the molecule is C=CCn1c(SCC(=O)O)nc2sc(CC)cc2c1=O. The molecule has 1 N–H and O–H groups in total. The summed E-state index contributed by atoms with van der Waals surface area (Å²) >= 11 is 2.53. The molecule has 106 valence electrons. The lowest BCUT2D eigenvalue weighted by atomic mass is 10.3. The molecule has 5 nitrogen and oxygen atoms in total. The number of nitrogens with zero attached hydrogens (tertiary/aromatic N) is 2. The number of hydrogen-bond donors (Lipinski definition) is 1. The van der Waals surface area contributed by atoms with Crippen molar-refractivity contribution in [2.24, 2.45) is 0 Å². The number of hydrogen-bond acceptors (Lipinski definition) is 5. The number of carboxylic acid groups (broad SMARTS) is 1. The Morgan fingerprint density at radius 3 is 3.00 bits per heavy atom. The van der Waals surface area contributed by atoms with Crippen molar-refractivity contribution in [3.63, 3.8) is 0 Å². The van der Waals surface area contributed by atoms with Gasteiger partial charge < -0.3 is 5.11 Å².